The molecule has 0 radical (unpaired) electrons. The summed E-state index contributed by atoms with van der Waals surface area (Å²) in [7, 11) is 1.67. The zero-order valence-corrected chi connectivity index (χ0v) is 23.4. The minimum Gasteiger partial charge on any atom is -0.497 e. The Morgan fingerprint density at radius 2 is 1.64 bits per heavy atom. The maximum Gasteiger partial charge on any atom is 0.251 e. The van der Waals surface area contributed by atoms with Crippen molar-refractivity contribution in [3.05, 3.63) is 143 Å². The first kappa shape index (κ1) is 27.0. The van der Waals surface area contributed by atoms with Gasteiger partial charge in [0.2, 0.25) is 0 Å². The van der Waals surface area contributed by atoms with E-state index in [-0.39, 0.29) is 11.8 Å². The zero-order valence-electron chi connectivity index (χ0n) is 23.4. The van der Waals surface area contributed by atoms with E-state index in [9.17, 15) is 4.79 Å². The number of carbonyl (C=O) groups is 1. The van der Waals surface area contributed by atoms with Gasteiger partial charge < -0.3 is 19.6 Å². The predicted octanol–water partition coefficient (Wildman–Crippen LogP) is 5.56. The number of amides is 1. The molecule has 0 spiro atoms. The van der Waals surface area contributed by atoms with Crippen molar-refractivity contribution in [1.29, 1.82) is 0 Å². The molecule has 210 valence electrons. The summed E-state index contributed by atoms with van der Waals surface area (Å²) >= 11 is 0. The highest BCUT2D eigenvalue weighted by atomic mass is 16.5. The van der Waals surface area contributed by atoms with E-state index in [2.05, 4.69) is 68.4 Å². The molecule has 0 aliphatic carbocycles. The van der Waals surface area contributed by atoms with Crippen molar-refractivity contribution in [3.8, 4) is 5.75 Å². The minimum atomic E-state index is -0.247. The average molecular weight is 557 g/mol. The number of pyridine rings is 1. The molecular weight excluding hydrogens is 524 g/mol. The van der Waals surface area contributed by atoms with Crippen LogP contribution in [0, 0.1) is 0 Å². The van der Waals surface area contributed by atoms with Gasteiger partial charge in [0.05, 0.1) is 19.6 Å². The van der Waals surface area contributed by atoms with Crippen LogP contribution >= 0.6 is 0 Å². The van der Waals surface area contributed by atoms with Gasteiger partial charge in [0.15, 0.2) is 0 Å². The van der Waals surface area contributed by atoms with Crippen LogP contribution in [0.15, 0.2) is 110 Å². The number of fused-ring (bicyclic) bond motifs is 1. The van der Waals surface area contributed by atoms with Gasteiger partial charge in [-0.3, -0.25) is 9.78 Å². The molecule has 6 aromatic rings. The molecule has 0 saturated heterocycles. The fourth-order valence-electron chi connectivity index (χ4n) is 5.30. The lowest BCUT2D eigenvalue weighted by Crippen LogP contribution is -2.30. The Labute approximate surface area is 244 Å². The Morgan fingerprint density at radius 3 is 2.43 bits per heavy atom. The van der Waals surface area contributed by atoms with Gasteiger partial charge in [-0.2, -0.15) is 0 Å². The summed E-state index contributed by atoms with van der Waals surface area (Å²) in [5.41, 5.74) is 5.00. The highest BCUT2D eigenvalue weighted by Crippen LogP contribution is 2.31. The van der Waals surface area contributed by atoms with Crippen molar-refractivity contribution in [2.75, 3.05) is 13.7 Å². The smallest absolute Gasteiger partial charge is 0.251 e. The van der Waals surface area contributed by atoms with Crippen molar-refractivity contribution in [1.82, 2.24) is 30.0 Å². The average Bonchev–Trinajstić information content (AvgIpc) is 3.66. The summed E-state index contributed by atoms with van der Waals surface area (Å²) < 4.78 is 7.58. The van der Waals surface area contributed by atoms with E-state index in [1.807, 2.05) is 36.5 Å². The third-order valence-electron chi connectivity index (χ3n) is 7.55. The fraction of sp³-hybridized carbons (Fsp3) is 0.176. The van der Waals surface area contributed by atoms with E-state index in [4.69, 9.17) is 14.9 Å². The number of aryl methyl sites for hydroxylation is 2. The molecule has 1 amide bonds. The van der Waals surface area contributed by atoms with Crippen molar-refractivity contribution in [2.24, 2.45) is 0 Å². The number of methoxy groups -OCH3 is 1. The molecule has 8 heteroatoms. The summed E-state index contributed by atoms with van der Waals surface area (Å²) in [6.07, 6.45) is 6.84. The molecule has 0 aliphatic rings. The van der Waals surface area contributed by atoms with Gasteiger partial charge in [-0.1, -0.05) is 60.7 Å². The third kappa shape index (κ3) is 5.93. The lowest BCUT2D eigenvalue weighted by atomic mass is 9.96. The number of benzene rings is 3. The number of aromatic nitrogens is 5. The topological polar surface area (TPSA) is 97.7 Å². The molecule has 0 bridgehead atoms. The molecule has 42 heavy (non-hydrogen) atoms. The number of rotatable bonds is 11. The standard InChI is InChI=1S/C34H32N6O2/c1-42-27-14-11-25(12-15-27)23-40-32(16-13-24-7-3-2-4-8-24)38-39-33(40)30(22-37-34(41)26-17-19-35-20-18-26)29-21-36-31-10-6-5-9-28(29)31/h2-12,14-15,17-21,30,36H,13,16,22-23H2,1H3,(H,37,41). The van der Waals surface area contributed by atoms with Crippen LogP contribution in [0.5, 0.6) is 5.75 Å². The van der Waals surface area contributed by atoms with Gasteiger partial charge in [-0.15, -0.1) is 10.2 Å². The number of nitrogens with zero attached hydrogens (tertiary/aromatic N) is 4. The highest BCUT2D eigenvalue weighted by Gasteiger charge is 2.26. The summed E-state index contributed by atoms with van der Waals surface area (Å²) in [6, 6.07) is 30.1. The van der Waals surface area contributed by atoms with Crippen molar-refractivity contribution >= 4 is 16.8 Å². The van der Waals surface area contributed by atoms with Crippen molar-refractivity contribution in [3.63, 3.8) is 0 Å². The first-order chi connectivity index (χ1) is 20.7. The zero-order chi connectivity index (χ0) is 28.7. The van der Waals surface area contributed by atoms with E-state index in [1.165, 1.54) is 5.56 Å². The molecule has 0 fully saturated rings. The van der Waals surface area contributed by atoms with Gasteiger partial charge in [-0.05, 0) is 53.4 Å². The second-order valence-corrected chi connectivity index (χ2v) is 10.2. The number of para-hydroxylation sites is 1. The molecule has 2 N–H and O–H groups in total. The van der Waals surface area contributed by atoms with Crippen LogP contribution in [0.1, 0.15) is 44.6 Å². The molecule has 0 aliphatic heterocycles. The van der Waals surface area contributed by atoms with Crippen LogP contribution in [-0.4, -0.2) is 44.3 Å². The molecule has 3 aromatic carbocycles. The normalized spacial score (nSPS) is 11.8. The van der Waals surface area contributed by atoms with Crippen LogP contribution in [0.3, 0.4) is 0 Å². The maximum absolute atomic E-state index is 13.1. The number of hydrogen-bond donors (Lipinski definition) is 2. The van der Waals surface area contributed by atoms with Crippen molar-refractivity contribution in [2.45, 2.75) is 25.3 Å². The second kappa shape index (κ2) is 12.5. The first-order valence-corrected chi connectivity index (χ1v) is 14.0. The van der Waals surface area contributed by atoms with E-state index >= 15 is 0 Å². The third-order valence-corrected chi connectivity index (χ3v) is 7.55. The van der Waals surface area contributed by atoms with Crippen LogP contribution in [0.2, 0.25) is 0 Å². The second-order valence-electron chi connectivity index (χ2n) is 10.2. The Morgan fingerprint density at radius 1 is 0.881 bits per heavy atom. The molecule has 1 unspecified atom stereocenters. The van der Waals surface area contributed by atoms with E-state index < -0.39 is 0 Å². The number of nitrogens with one attached hydrogen (secondary N) is 2. The van der Waals surface area contributed by atoms with Gasteiger partial charge >= 0.3 is 0 Å². The molecule has 8 nitrogen and oxygen atoms in total. The summed E-state index contributed by atoms with van der Waals surface area (Å²) in [6.45, 7) is 0.941. The Balaban J connectivity index is 1.39. The lowest BCUT2D eigenvalue weighted by Gasteiger charge is -2.20. The van der Waals surface area contributed by atoms with E-state index in [0.717, 1.165) is 52.3 Å². The lowest BCUT2D eigenvalue weighted by molar-refractivity contribution is 0.0952. The molecule has 0 saturated carbocycles. The molecule has 3 heterocycles. The fourth-order valence-corrected chi connectivity index (χ4v) is 5.30. The number of H-pyrrole nitrogens is 1. The Bertz CT molecular complexity index is 1760. The number of ether oxygens (including phenoxy) is 1. The highest BCUT2D eigenvalue weighted by molar-refractivity contribution is 5.94. The Hall–Kier alpha value is -5.24. The van der Waals surface area contributed by atoms with Crippen molar-refractivity contribution < 1.29 is 9.53 Å². The molecule has 1 atom stereocenters. The minimum absolute atomic E-state index is 0.159. The maximum atomic E-state index is 13.1. The van der Waals surface area contributed by atoms with Crippen LogP contribution in [-0.2, 0) is 19.4 Å². The van der Waals surface area contributed by atoms with Crippen LogP contribution in [0.25, 0.3) is 10.9 Å². The van der Waals surface area contributed by atoms with Gasteiger partial charge in [0.1, 0.15) is 17.4 Å². The first-order valence-electron chi connectivity index (χ1n) is 14.0. The molecule has 6 rings (SSSR count). The predicted molar refractivity (Wildman–Crippen MR) is 163 cm³/mol. The number of hydrogen-bond acceptors (Lipinski definition) is 5. The SMILES string of the molecule is COc1ccc(Cn2c(CCc3ccccc3)nnc2C(CNC(=O)c2ccncc2)c2c[nH]c3ccccc23)cc1. The van der Waals surface area contributed by atoms with Gasteiger partial charge in [0.25, 0.3) is 5.91 Å². The van der Waals surface area contributed by atoms with E-state index in [0.29, 0.717) is 18.7 Å². The van der Waals surface area contributed by atoms with Gasteiger partial charge in [0, 0.05) is 48.0 Å². The van der Waals surface area contributed by atoms with Crippen LogP contribution < -0.4 is 10.1 Å². The monoisotopic (exact) mass is 556 g/mol. The Kier molecular flexibility index (Phi) is 8.03. The summed E-state index contributed by atoms with van der Waals surface area (Å²) in [5.74, 6) is 2.10. The number of carbonyl (C=O) groups excluding carboxylic acids is 1. The molecular formula is C34H32N6O2. The summed E-state index contributed by atoms with van der Waals surface area (Å²) in [5, 5.41) is 13.7. The molecule has 3 aromatic heterocycles. The van der Waals surface area contributed by atoms with E-state index in [1.54, 1.807) is 31.6 Å². The number of aromatic amines is 1. The van der Waals surface area contributed by atoms with Gasteiger partial charge in [-0.25, -0.2) is 0 Å². The summed E-state index contributed by atoms with van der Waals surface area (Å²) in [4.78, 5) is 20.6. The van der Waals surface area contributed by atoms with Crippen LogP contribution in [0.4, 0.5) is 0 Å². The largest absolute Gasteiger partial charge is 0.497 e. The quantitative estimate of drug-likeness (QED) is 0.218.